The normalized spacial score (nSPS) is 11.7. The first kappa shape index (κ1) is 20.2. The third-order valence-electron chi connectivity index (χ3n) is 4.04. The summed E-state index contributed by atoms with van der Waals surface area (Å²) in [5.74, 6) is 0.512. The Morgan fingerprint density at radius 2 is 1.54 bits per heavy atom. The zero-order valence-electron chi connectivity index (χ0n) is 14.6. The van der Waals surface area contributed by atoms with Crippen LogP contribution < -0.4 is 11.1 Å². The van der Waals surface area contributed by atoms with Gasteiger partial charge in [-0.1, -0.05) is 67.9 Å². The molecule has 3 N–H and O–H groups in total. The third-order valence-corrected chi connectivity index (χ3v) is 4.04. The molecule has 0 heterocycles. The maximum Gasteiger partial charge on any atom is 0.224 e. The molecule has 0 aliphatic heterocycles. The minimum absolute atomic E-state index is 0. The van der Waals surface area contributed by atoms with Crippen LogP contribution in [0.1, 0.15) is 48.1 Å². The number of nitrogens with two attached hydrogens (primary N) is 1. The van der Waals surface area contributed by atoms with E-state index < -0.39 is 0 Å². The maximum atomic E-state index is 12.0. The molecule has 0 radical (unpaired) electrons. The fraction of sp³-hybridized carbons (Fsp3) is 0.350. The highest BCUT2D eigenvalue weighted by atomic mass is 35.5. The van der Waals surface area contributed by atoms with Crippen LogP contribution in [-0.2, 0) is 11.2 Å². The van der Waals surface area contributed by atoms with Gasteiger partial charge >= 0.3 is 0 Å². The van der Waals surface area contributed by atoms with Crippen molar-refractivity contribution in [2.75, 3.05) is 6.54 Å². The van der Waals surface area contributed by atoms with Gasteiger partial charge in [0.05, 0.1) is 6.42 Å². The monoisotopic (exact) mass is 346 g/mol. The molecule has 1 unspecified atom stereocenters. The minimum atomic E-state index is -0.182. The van der Waals surface area contributed by atoms with Gasteiger partial charge in [0.25, 0.3) is 0 Å². The number of aryl methyl sites for hydroxylation is 1. The number of amides is 1. The lowest BCUT2D eigenvalue weighted by atomic mass is 9.99. The molecule has 0 spiro atoms. The zero-order chi connectivity index (χ0) is 16.8. The van der Waals surface area contributed by atoms with Gasteiger partial charge in [0.15, 0.2) is 0 Å². The van der Waals surface area contributed by atoms with Crippen LogP contribution in [0.3, 0.4) is 0 Å². The van der Waals surface area contributed by atoms with Crippen LogP contribution in [0.2, 0.25) is 0 Å². The molecule has 1 amide bonds. The van der Waals surface area contributed by atoms with Crippen LogP contribution in [0.4, 0.5) is 0 Å². The molecule has 0 aliphatic rings. The molecule has 1 atom stereocenters. The summed E-state index contributed by atoms with van der Waals surface area (Å²) in [7, 11) is 0. The standard InChI is InChI=1S/C20H26N2O.ClH/c1-14(2)17-8-10-18(11-9-17)19(21)13-22-20(23)12-16-6-4-15(3)5-7-16;/h4-11,14,19H,12-13,21H2,1-3H3,(H,22,23);1H. The van der Waals surface area contributed by atoms with Gasteiger partial charge in [-0.25, -0.2) is 0 Å². The van der Waals surface area contributed by atoms with Crippen LogP contribution in [0, 0.1) is 6.92 Å². The van der Waals surface area contributed by atoms with Gasteiger partial charge in [0.2, 0.25) is 5.91 Å². The van der Waals surface area contributed by atoms with Crippen LogP contribution in [0.15, 0.2) is 48.5 Å². The molecule has 24 heavy (non-hydrogen) atoms. The van der Waals surface area contributed by atoms with Crippen molar-refractivity contribution < 1.29 is 4.79 Å². The van der Waals surface area contributed by atoms with Gasteiger partial charge in [-0.15, -0.1) is 12.4 Å². The molecule has 3 nitrogen and oxygen atoms in total. The molecule has 2 aromatic carbocycles. The van der Waals surface area contributed by atoms with Gasteiger partial charge in [0, 0.05) is 12.6 Å². The van der Waals surface area contributed by atoms with E-state index in [4.69, 9.17) is 5.73 Å². The van der Waals surface area contributed by atoms with Gasteiger partial charge < -0.3 is 11.1 Å². The summed E-state index contributed by atoms with van der Waals surface area (Å²) in [5.41, 5.74) is 10.7. The number of nitrogens with one attached hydrogen (secondary N) is 1. The number of rotatable bonds is 6. The minimum Gasteiger partial charge on any atom is -0.354 e. The lowest BCUT2D eigenvalue weighted by molar-refractivity contribution is -0.120. The summed E-state index contributed by atoms with van der Waals surface area (Å²) in [6.45, 7) is 6.82. The summed E-state index contributed by atoms with van der Waals surface area (Å²) >= 11 is 0. The summed E-state index contributed by atoms with van der Waals surface area (Å²) in [5, 5.41) is 2.92. The van der Waals surface area contributed by atoms with Crippen molar-refractivity contribution in [3.05, 3.63) is 70.8 Å². The lowest BCUT2D eigenvalue weighted by Gasteiger charge is -2.14. The SMILES string of the molecule is Cc1ccc(CC(=O)NCC(N)c2ccc(C(C)C)cc2)cc1.Cl. The Bertz CT molecular complexity index is 636. The van der Waals surface area contributed by atoms with Crippen molar-refractivity contribution in [3.63, 3.8) is 0 Å². The van der Waals surface area contributed by atoms with Crippen molar-refractivity contribution in [2.24, 2.45) is 5.73 Å². The first-order valence-corrected chi connectivity index (χ1v) is 8.13. The van der Waals surface area contributed by atoms with Crippen LogP contribution in [0.5, 0.6) is 0 Å². The Kier molecular flexibility index (Phi) is 7.96. The summed E-state index contributed by atoms with van der Waals surface area (Å²) in [6.07, 6.45) is 0.388. The molecular weight excluding hydrogens is 320 g/mol. The Hall–Kier alpha value is -1.84. The maximum absolute atomic E-state index is 12.0. The number of carbonyl (C=O) groups excluding carboxylic acids is 1. The van der Waals surface area contributed by atoms with Crippen molar-refractivity contribution in [3.8, 4) is 0 Å². The predicted octanol–water partition coefficient (Wildman–Crippen LogP) is 3.90. The Labute approximate surface area is 151 Å². The highest BCUT2D eigenvalue weighted by molar-refractivity contribution is 5.85. The Morgan fingerprint density at radius 1 is 1.00 bits per heavy atom. The van der Waals surface area contributed by atoms with E-state index in [0.717, 1.165) is 11.1 Å². The van der Waals surface area contributed by atoms with E-state index >= 15 is 0 Å². The number of hydrogen-bond acceptors (Lipinski definition) is 2. The van der Waals surface area contributed by atoms with E-state index in [1.165, 1.54) is 11.1 Å². The molecule has 0 saturated carbocycles. The number of hydrogen-bond donors (Lipinski definition) is 2. The number of carbonyl (C=O) groups is 1. The lowest BCUT2D eigenvalue weighted by Crippen LogP contribution is -2.32. The summed E-state index contributed by atoms with van der Waals surface area (Å²) < 4.78 is 0. The topological polar surface area (TPSA) is 55.1 Å². The Morgan fingerprint density at radius 3 is 2.08 bits per heavy atom. The second kappa shape index (κ2) is 9.45. The van der Waals surface area contributed by atoms with Crippen molar-refractivity contribution >= 4 is 18.3 Å². The van der Waals surface area contributed by atoms with E-state index in [2.05, 4.69) is 31.3 Å². The van der Waals surface area contributed by atoms with Gasteiger partial charge in [-0.3, -0.25) is 4.79 Å². The molecule has 130 valence electrons. The van der Waals surface area contributed by atoms with Gasteiger partial charge in [0.1, 0.15) is 0 Å². The van der Waals surface area contributed by atoms with Crippen molar-refractivity contribution in [2.45, 2.75) is 39.2 Å². The van der Waals surface area contributed by atoms with Crippen LogP contribution in [0.25, 0.3) is 0 Å². The summed E-state index contributed by atoms with van der Waals surface area (Å²) in [6, 6.07) is 16.1. The molecule has 0 bridgehead atoms. The predicted molar refractivity (Wildman–Crippen MR) is 103 cm³/mol. The average molecular weight is 347 g/mol. The van der Waals surface area contributed by atoms with E-state index in [1.807, 2.05) is 43.3 Å². The van der Waals surface area contributed by atoms with E-state index in [-0.39, 0.29) is 24.4 Å². The molecular formula is C20H27ClN2O. The second-order valence-electron chi connectivity index (χ2n) is 6.39. The van der Waals surface area contributed by atoms with E-state index in [1.54, 1.807) is 0 Å². The third kappa shape index (κ3) is 5.99. The molecule has 2 rings (SSSR count). The highest BCUT2D eigenvalue weighted by Crippen LogP contribution is 2.17. The first-order valence-electron chi connectivity index (χ1n) is 8.13. The van der Waals surface area contributed by atoms with Crippen molar-refractivity contribution in [1.82, 2.24) is 5.32 Å². The summed E-state index contributed by atoms with van der Waals surface area (Å²) in [4.78, 5) is 12.0. The quantitative estimate of drug-likeness (QED) is 0.833. The number of benzene rings is 2. The van der Waals surface area contributed by atoms with E-state index in [0.29, 0.717) is 18.9 Å². The molecule has 0 aromatic heterocycles. The molecule has 0 fully saturated rings. The molecule has 4 heteroatoms. The highest BCUT2D eigenvalue weighted by Gasteiger charge is 2.09. The molecule has 0 aliphatic carbocycles. The fourth-order valence-electron chi connectivity index (χ4n) is 2.42. The largest absolute Gasteiger partial charge is 0.354 e. The Balaban J connectivity index is 0.00000288. The molecule has 0 saturated heterocycles. The first-order chi connectivity index (χ1) is 11.0. The molecule has 2 aromatic rings. The van der Waals surface area contributed by atoms with Gasteiger partial charge in [-0.05, 0) is 29.5 Å². The fourth-order valence-corrected chi connectivity index (χ4v) is 2.42. The van der Waals surface area contributed by atoms with Crippen molar-refractivity contribution in [1.29, 1.82) is 0 Å². The van der Waals surface area contributed by atoms with Crippen LogP contribution in [-0.4, -0.2) is 12.5 Å². The number of halogens is 1. The van der Waals surface area contributed by atoms with E-state index in [9.17, 15) is 4.79 Å². The smallest absolute Gasteiger partial charge is 0.224 e. The zero-order valence-corrected chi connectivity index (χ0v) is 15.4. The second-order valence-corrected chi connectivity index (χ2v) is 6.39. The van der Waals surface area contributed by atoms with Gasteiger partial charge in [-0.2, -0.15) is 0 Å². The average Bonchev–Trinajstić information content (AvgIpc) is 2.55. The van der Waals surface area contributed by atoms with Crippen LogP contribution >= 0.6 is 12.4 Å².